The number of hydrogen-bond acceptors (Lipinski definition) is 4. The van der Waals surface area contributed by atoms with Gasteiger partial charge in [-0.25, -0.2) is 0 Å². The Kier molecular flexibility index (Phi) is 6.91. The fraction of sp³-hybridized carbons (Fsp3) is 0.565. The highest BCUT2D eigenvalue weighted by atomic mass is 16.5. The third-order valence-electron chi connectivity index (χ3n) is 4.92. The minimum atomic E-state index is -0.612. The average molecular weight is 388 g/mol. The van der Waals surface area contributed by atoms with E-state index in [1.54, 1.807) is 19.2 Å². The van der Waals surface area contributed by atoms with E-state index in [0.29, 0.717) is 35.8 Å². The van der Waals surface area contributed by atoms with Crippen LogP contribution in [0, 0.1) is 11.3 Å². The first kappa shape index (κ1) is 22.0. The van der Waals surface area contributed by atoms with Crippen molar-refractivity contribution in [2.24, 2.45) is 11.3 Å². The van der Waals surface area contributed by atoms with Crippen LogP contribution in [0.2, 0.25) is 0 Å². The van der Waals surface area contributed by atoms with Gasteiger partial charge in [0.15, 0.2) is 5.76 Å². The van der Waals surface area contributed by atoms with Gasteiger partial charge in [-0.15, -0.1) is 0 Å². The van der Waals surface area contributed by atoms with E-state index in [1.165, 1.54) is 0 Å². The minimum absolute atomic E-state index is 0.0726. The van der Waals surface area contributed by atoms with Gasteiger partial charge in [-0.1, -0.05) is 41.5 Å². The number of hydrogen-bond donors (Lipinski definition) is 1. The summed E-state index contributed by atoms with van der Waals surface area (Å²) in [5.41, 5.74) is 0.647. The number of ether oxygens (including phenoxy) is 1. The molecule has 1 amide bonds. The summed E-state index contributed by atoms with van der Waals surface area (Å²) in [7, 11) is 1.60. The molecule has 2 aromatic rings. The maximum Gasteiger partial charge on any atom is 0.227 e. The van der Waals surface area contributed by atoms with Crippen LogP contribution < -0.4 is 10.1 Å². The molecule has 0 radical (unpaired) electrons. The average Bonchev–Trinajstić information content (AvgIpc) is 2.99. The number of fused-ring (bicyclic) bond motifs is 1. The van der Waals surface area contributed by atoms with Crippen LogP contribution in [0.4, 0.5) is 0 Å². The number of carbonyl (C=O) groups excluding carboxylic acids is 2. The molecule has 0 saturated heterocycles. The van der Waals surface area contributed by atoms with Gasteiger partial charge in [0.2, 0.25) is 11.7 Å². The van der Waals surface area contributed by atoms with E-state index >= 15 is 0 Å². The first-order chi connectivity index (χ1) is 13.1. The van der Waals surface area contributed by atoms with Crippen LogP contribution in [-0.4, -0.2) is 25.3 Å². The van der Waals surface area contributed by atoms with Crippen molar-refractivity contribution in [1.29, 1.82) is 0 Å². The maximum atomic E-state index is 13.1. The van der Waals surface area contributed by atoms with Gasteiger partial charge in [0.05, 0.1) is 13.0 Å². The van der Waals surface area contributed by atoms with Crippen molar-refractivity contribution in [3.05, 3.63) is 29.5 Å². The minimum Gasteiger partial charge on any atom is -0.497 e. The lowest BCUT2D eigenvalue weighted by atomic mass is 9.84. The van der Waals surface area contributed by atoms with E-state index in [0.717, 1.165) is 11.8 Å². The van der Waals surface area contributed by atoms with Gasteiger partial charge in [-0.05, 0) is 37.0 Å². The van der Waals surface area contributed by atoms with Crippen LogP contribution in [0.15, 0.2) is 22.6 Å². The van der Waals surface area contributed by atoms with E-state index in [-0.39, 0.29) is 17.5 Å². The Morgan fingerprint density at radius 1 is 1.21 bits per heavy atom. The second-order valence-electron chi connectivity index (χ2n) is 8.72. The molecule has 154 valence electrons. The fourth-order valence-corrected chi connectivity index (χ4v) is 3.21. The number of furan rings is 1. The molecule has 0 bridgehead atoms. The molecule has 0 aliphatic rings. The number of rotatable bonds is 8. The van der Waals surface area contributed by atoms with Crippen LogP contribution in [0.1, 0.15) is 76.4 Å². The molecule has 0 spiro atoms. The lowest BCUT2D eigenvalue weighted by Crippen LogP contribution is -2.31. The smallest absolute Gasteiger partial charge is 0.227 e. The van der Waals surface area contributed by atoms with E-state index in [2.05, 4.69) is 19.2 Å². The molecule has 1 aromatic heterocycles. The fourth-order valence-electron chi connectivity index (χ4n) is 3.21. The Hall–Kier alpha value is -2.30. The Labute approximate surface area is 167 Å². The molecule has 1 N–H and O–H groups in total. The number of amides is 1. The summed E-state index contributed by atoms with van der Waals surface area (Å²) in [5, 5.41) is 3.79. The summed E-state index contributed by atoms with van der Waals surface area (Å²) in [5.74, 6) is 0.822. The van der Waals surface area contributed by atoms with E-state index in [4.69, 9.17) is 9.15 Å². The van der Waals surface area contributed by atoms with Crippen molar-refractivity contribution in [1.82, 2.24) is 5.32 Å². The van der Waals surface area contributed by atoms with Gasteiger partial charge in [-0.2, -0.15) is 0 Å². The molecule has 5 nitrogen and oxygen atoms in total. The van der Waals surface area contributed by atoms with Crippen molar-refractivity contribution in [3.8, 4) is 5.75 Å². The molecule has 28 heavy (non-hydrogen) atoms. The van der Waals surface area contributed by atoms with Gasteiger partial charge < -0.3 is 14.5 Å². The van der Waals surface area contributed by atoms with Crippen molar-refractivity contribution < 1.29 is 18.7 Å². The molecule has 0 saturated carbocycles. The molecule has 5 heteroatoms. The highest BCUT2D eigenvalue weighted by molar-refractivity contribution is 6.05. The highest BCUT2D eigenvalue weighted by Gasteiger charge is 2.34. The first-order valence-electron chi connectivity index (χ1n) is 10.0. The third kappa shape index (κ3) is 4.75. The monoisotopic (exact) mass is 387 g/mol. The molecule has 1 heterocycles. The molecular formula is C23H33NO4. The lowest BCUT2D eigenvalue weighted by molar-refractivity contribution is -0.122. The molecule has 0 fully saturated rings. The van der Waals surface area contributed by atoms with Crippen LogP contribution in [0.3, 0.4) is 0 Å². The first-order valence-corrected chi connectivity index (χ1v) is 10.0. The quantitative estimate of drug-likeness (QED) is 0.622. The number of benzene rings is 1. The maximum absolute atomic E-state index is 13.1. The highest BCUT2D eigenvalue weighted by Crippen LogP contribution is 2.38. The van der Waals surface area contributed by atoms with Gasteiger partial charge >= 0.3 is 0 Å². The summed E-state index contributed by atoms with van der Waals surface area (Å²) in [6.07, 6.45) is 1.49. The van der Waals surface area contributed by atoms with Gasteiger partial charge in [-0.3, -0.25) is 9.59 Å². The van der Waals surface area contributed by atoms with Crippen LogP contribution in [0.5, 0.6) is 5.75 Å². The summed E-state index contributed by atoms with van der Waals surface area (Å²) in [6.45, 7) is 12.4. The lowest BCUT2D eigenvalue weighted by Gasteiger charge is -2.19. The summed E-state index contributed by atoms with van der Waals surface area (Å²) < 4.78 is 11.3. The Balaban J connectivity index is 2.56. The van der Waals surface area contributed by atoms with Gasteiger partial charge in [0, 0.05) is 22.9 Å². The van der Waals surface area contributed by atoms with Crippen LogP contribution >= 0.6 is 0 Å². The summed E-state index contributed by atoms with van der Waals surface area (Å²) in [4.78, 5) is 26.1. The molecule has 2 rings (SSSR count). The Bertz CT molecular complexity index is 842. The number of carbonyl (C=O) groups is 2. The second kappa shape index (κ2) is 8.80. The summed E-state index contributed by atoms with van der Waals surface area (Å²) >= 11 is 0. The zero-order valence-corrected chi connectivity index (χ0v) is 18.1. The largest absolute Gasteiger partial charge is 0.497 e. The van der Waals surface area contributed by atoms with Crippen LogP contribution in [-0.2, 0) is 4.79 Å². The Morgan fingerprint density at radius 3 is 2.43 bits per heavy atom. The number of nitrogens with one attached hydrogen (secondary N) is 1. The predicted molar refractivity (Wildman–Crippen MR) is 112 cm³/mol. The van der Waals surface area contributed by atoms with Crippen molar-refractivity contribution in [2.75, 3.05) is 13.7 Å². The number of Topliss-reactive ketones (excluding diaryl/α,β-unsaturated/α-hetero) is 1. The van der Waals surface area contributed by atoms with E-state index in [9.17, 15) is 9.59 Å². The zero-order valence-electron chi connectivity index (χ0n) is 18.1. The molecule has 0 aliphatic heterocycles. The van der Waals surface area contributed by atoms with Crippen LogP contribution in [0.25, 0.3) is 11.0 Å². The molecule has 1 unspecified atom stereocenters. The standard InChI is InChI=1S/C23H33NO4/c1-8-16(22(26)24-12-11-14(2)3)19-17-13-15(27-7)9-10-18(17)28-20(19)21(25)23(4,5)6/h9-10,13-14,16H,8,11-12H2,1-7H3,(H,24,26). The van der Waals surface area contributed by atoms with E-state index in [1.807, 2.05) is 33.8 Å². The molecule has 1 aromatic carbocycles. The number of methoxy groups -OCH3 is 1. The number of ketones is 1. The van der Waals surface area contributed by atoms with Gasteiger partial charge in [0.1, 0.15) is 11.3 Å². The Morgan fingerprint density at radius 2 is 1.89 bits per heavy atom. The topological polar surface area (TPSA) is 68.5 Å². The normalized spacial score (nSPS) is 13.0. The molecule has 1 atom stereocenters. The van der Waals surface area contributed by atoms with E-state index < -0.39 is 11.3 Å². The van der Waals surface area contributed by atoms with Crippen molar-refractivity contribution >= 4 is 22.7 Å². The van der Waals surface area contributed by atoms with Crippen molar-refractivity contribution in [2.45, 2.75) is 60.3 Å². The summed E-state index contributed by atoms with van der Waals surface area (Å²) in [6, 6.07) is 5.43. The SMILES string of the molecule is CCC(C(=O)NCCC(C)C)c1c(C(=O)C(C)(C)C)oc2ccc(OC)cc12. The molecular weight excluding hydrogens is 354 g/mol. The molecule has 0 aliphatic carbocycles. The zero-order chi connectivity index (χ0) is 21.1. The van der Waals surface area contributed by atoms with Gasteiger partial charge in [0.25, 0.3) is 0 Å². The second-order valence-corrected chi connectivity index (χ2v) is 8.72. The third-order valence-corrected chi connectivity index (χ3v) is 4.92. The van der Waals surface area contributed by atoms with Crippen molar-refractivity contribution in [3.63, 3.8) is 0 Å². The predicted octanol–water partition coefficient (Wildman–Crippen LogP) is 5.33.